The quantitative estimate of drug-likeness (QED) is 0.638. The van der Waals surface area contributed by atoms with Crippen LogP contribution in [-0.2, 0) is 11.0 Å². The Morgan fingerprint density at radius 1 is 1.39 bits per heavy atom. The summed E-state index contributed by atoms with van der Waals surface area (Å²) < 4.78 is 41.4. The number of halogens is 3. The van der Waals surface area contributed by atoms with Crippen LogP contribution in [0.3, 0.4) is 0 Å². The van der Waals surface area contributed by atoms with E-state index in [1.807, 2.05) is 0 Å². The summed E-state index contributed by atoms with van der Waals surface area (Å²) in [5.41, 5.74) is 0.507. The summed E-state index contributed by atoms with van der Waals surface area (Å²) in [6.07, 6.45) is 0.403. The van der Waals surface area contributed by atoms with Gasteiger partial charge in [-0.05, 0) is 12.1 Å². The number of terminal acetylenes is 1. The summed E-state index contributed by atoms with van der Waals surface area (Å²) in [6.45, 7) is -0.0448. The molecule has 0 N–H and O–H groups in total. The van der Waals surface area contributed by atoms with Crippen LogP contribution in [0.1, 0.15) is 16.2 Å². The number of aromatic nitrogens is 2. The van der Waals surface area contributed by atoms with Crippen LogP contribution < -0.4 is 0 Å². The van der Waals surface area contributed by atoms with Crippen molar-refractivity contribution in [1.29, 1.82) is 0 Å². The minimum Gasteiger partial charge on any atom is -0.329 e. The highest BCUT2D eigenvalue weighted by Gasteiger charge is 2.38. The van der Waals surface area contributed by atoms with Gasteiger partial charge in [0.25, 0.3) is 5.91 Å². The highest BCUT2D eigenvalue weighted by atomic mass is 19.4. The molecule has 0 unspecified atom stereocenters. The van der Waals surface area contributed by atoms with Crippen LogP contribution in [0.15, 0.2) is 28.8 Å². The Hall–Kier alpha value is -2.86. The van der Waals surface area contributed by atoms with Gasteiger partial charge in [0, 0.05) is 11.1 Å². The van der Waals surface area contributed by atoms with E-state index in [-0.39, 0.29) is 23.5 Å². The van der Waals surface area contributed by atoms with Crippen molar-refractivity contribution in [3.05, 3.63) is 35.7 Å². The van der Waals surface area contributed by atoms with Crippen LogP contribution in [0.2, 0.25) is 0 Å². The van der Waals surface area contributed by atoms with Crippen LogP contribution in [0.25, 0.3) is 11.4 Å². The molecular weight excluding hydrogens is 315 g/mol. The summed E-state index contributed by atoms with van der Waals surface area (Å²) in [6, 6.07) is 5.57. The molecule has 0 saturated heterocycles. The standard InChI is InChI=1S/C14H10F3N3O3/c1-3-8-20(22-2)12(21)10-6-4-9(5-7-10)11-18-13(23-19-11)14(15,16)17/h1,4-7H,8H2,2H3. The van der Waals surface area contributed by atoms with E-state index in [4.69, 9.17) is 11.3 Å². The van der Waals surface area contributed by atoms with Gasteiger partial charge >= 0.3 is 12.1 Å². The topological polar surface area (TPSA) is 68.5 Å². The number of hydrogen-bond acceptors (Lipinski definition) is 5. The van der Waals surface area contributed by atoms with E-state index < -0.39 is 18.0 Å². The van der Waals surface area contributed by atoms with E-state index >= 15 is 0 Å². The number of amides is 1. The zero-order valence-corrected chi connectivity index (χ0v) is 11.8. The predicted molar refractivity (Wildman–Crippen MR) is 71.6 cm³/mol. The lowest BCUT2D eigenvalue weighted by atomic mass is 10.1. The van der Waals surface area contributed by atoms with Crippen LogP contribution in [0.5, 0.6) is 0 Å². The van der Waals surface area contributed by atoms with Crippen molar-refractivity contribution in [2.45, 2.75) is 6.18 Å². The van der Waals surface area contributed by atoms with Crippen molar-refractivity contribution in [2.24, 2.45) is 0 Å². The second-order valence-electron chi connectivity index (χ2n) is 4.23. The van der Waals surface area contributed by atoms with Crippen molar-refractivity contribution in [3.63, 3.8) is 0 Å². The second-order valence-corrected chi connectivity index (χ2v) is 4.23. The lowest BCUT2D eigenvalue weighted by Gasteiger charge is -2.16. The van der Waals surface area contributed by atoms with Gasteiger partial charge < -0.3 is 4.52 Å². The normalized spacial score (nSPS) is 11.1. The van der Waals surface area contributed by atoms with Crippen molar-refractivity contribution < 1.29 is 27.3 Å². The summed E-state index contributed by atoms with van der Waals surface area (Å²) in [5, 5.41) is 4.22. The molecule has 0 bridgehead atoms. The molecule has 0 aliphatic rings. The van der Waals surface area contributed by atoms with Crippen molar-refractivity contribution in [2.75, 3.05) is 13.7 Å². The minimum absolute atomic E-state index is 0.0448. The first-order valence-corrected chi connectivity index (χ1v) is 6.17. The Bertz CT molecular complexity index is 732. The van der Waals surface area contributed by atoms with E-state index in [9.17, 15) is 18.0 Å². The Morgan fingerprint density at radius 2 is 2.04 bits per heavy atom. The van der Waals surface area contributed by atoms with Gasteiger partial charge in [-0.3, -0.25) is 9.63 Å². The van der Waals surface area contributed by atoms with Crippen molar-refractivity contribution in [3.8, 4) is 23.7 Å². The average molecular weight is 325 g/mol. The first-order chi connectivity index (χ1) is 10.9. The van der Waals surface area contributed by atoms with Crippen LogP contribution in [0.4, 0.5) is 13.2 Å². The number of carbonyl (C=O) groups is 1. The molecule has 0 spiro atoms. The Kier molecular flexibility index (Phi) is 4.66. The van der Waals surface area contributed by atoms with E-state index in [0.717, 1.165) is 5.06 Å². The third-order valence-electron chi connectivity index (χ3n) is 2.74. The van der Waals surface area contributed by atoms with Gasteiger partial charge in [-0.2, -0.15) is 18.2 Å². The van der Waals surface area contributed by atoms with Gasteiger partial charge in [0.2, 0.25) is 5.82 Å². The van der Waals surface area contributed by atoms with Gasteiger partial charge in [0.1, 0.15) is 6.54 Å². The monoisotopic (exact) mass is 325 g/mol. The maximum Gasteiger partial charge on any atom is 0.471 e. The average Bonchev–Trinajstić information content (AvgIpc) is 3.02. The number of benzene rings is 1. The molecule has 0 atom stereocenters. The summed E-state index contributed by atoms with van der Waals surface area (Å²) in [4.78, 5) is 20.2. The minimum atomic E-state index is -4.71. The second kappa shape index (κ2) is 6.50. The largest absolute Gasteiger partial charge is 0.471 e. The van der Waals surface area contributed by atoms with Gasteiger partial charge in [0.15, 0.2) is 0 Å². The molecule has 0 saturated carbocycles. The van der Waals surface area contributed by atoms with Crippen molar-refractivity contribution >= 4 is 5.91 Å². The molecule has 9 heteroatoms. The van der Waals surface area contributed by atoms with Crippen LogP contribution in [0, 0.1) is 12.3 Å². The molecule has 120 valence electrons. The number of hydroxylamine groups is 2. The highest BCUT2D eigenvalue weighted by Crippen LogP contribution is 2.29. The van der Waals surface area contributed by atoms with E-state index in [1.165, 1.54) is 31.4 Å². The molecule has 1 heterocycles. The fraction of sp³-hybridized carbons (Fsp3) is 0.214. The number of carbonyl (C=O) groups excluding carboxylic acids is 1. The van der Waals surface area contributed by atoms with Crippen molar-refractivity contribution in [1.82, 2.24) is 15.2 Å². The van der Waals surface area contributed by atoms with Gasteiger partial charge in [-0.25, -0.2) is 5.06 Å². The summed E-state index contributed by atoms with van der Waals surface area (Å²) in [5.74, 6) is 0.109. The van der Waals surface area contributed by atoms with Crippen LogP contribution in [-0.4, -0.2) is 34.8 Å². The maximum absolute atomic E-state index is 12.4. The van der Waals surface area contributed by atoms with E-state index in [1.54, 1.807) is 0 Å². The first-order valence-electron chi connectivity index (χ1n) is 6.17. The summed E-state index contributed by atoms with van der Waals surface area (Å²) in [7, 11) is 1.29. The lowest BCUT2D eigenvalue weighted by molar-refractivity contribution is -0.159. The maximum atomic E-state index is 12.4. The molecule has 0 fully saturated rings. The van der Waals surface area contributed by atoms with Gasteiger partial charge in [-0.15, -0.1) is 6.42 Å². The number of nitrogens with zero attached hydrogens (tertiary/aromatic N) is 3. The van der Waals surface area contributed by atoms with E-state index in [2.05, 4.69) is 20.6 Å². The molecule has 0 aliphatic carbocycles. The van der Waals surface area contributed by atoms with Gasteiger partial charge in [0.05, 0.1) is 7.11 Å². The fourth-order valence-electron chi connectivity index (χ4n) is 1.66. The zero-order valence-electron chi connectivity index (χ0n) is 11.8. The van der Waals surface area contributed by atoms with Gasteiger partial charge in [-0.1, -0.05) is 23.2 Å². The number of hydrogen-bond donors (Lipinski definition) is 0. The molecule has 2 rings (SSSR count). The molecule has 23 heavy (non-hydrogen) atoms. The molecule has 0 radical (unpaired) electrons. The molecule has 1 amide bonds. The lowest BCUT2D eigenvalue weighted by Crippen LogP contribution is -2.30. The Balaban J connectivity index is 2.21. The number of alkyl halides is 3. The highest BCUT2D eigenvalue weighted by molar-refractivity contribution is 5.94. The SMILES string of the molecule is C#CCN(OC)C(=O)c1ccc(-c2noc(C(F)(F)F)n2)cc1. The van der Waals surface area contributed by atoms with Crippen LogP contribution >= 0.6 is 0 Å². The Morgan fingerprint density at radius 3 is 2.52 bits per heavy atom. The molecule has 2 aromatic rings. The smallest absolute Gasteiger partial charge is 0.329 e. The fourth-order valence-corrected chi connectivity index (χ4v) is 1.66. The first kappa shape index (κ1) is 16.5. The molecular formula is C14H10F3N3O3. The summed E-state index contributed by atoms with van der Waals surface area (Å²) >= 11 is 0. The zero-order chi connectivity index (χ0) is 17.0. The molecule has 6 nitrogen and oxygen atoms in total. The Labute approximate surface area is 128 Å². The van der Waals surface area contributed by atoms with E-state index in [0.29, 0.717) is 0 Å². The third-order valence-corrected chi connectivity index (χ3v) is 2.74. The molecule has 1 aromatic carbocycles. The number of rotatable bonds is 4. The predicted octanol–water partition coefficient (Wildman–Crippen LogP) is 2.39. The molecule has 0 aliphatic heterocycles. The third kappa shape index (κ3) is 3.67. The molecule has 1 aromatic heterocycles.